The standard InChI is InChI=1S/C16H11BrN2O2/c17-12-3-1-11-8-13(4-2-10(11)7-12)19-16(21)14-5-6-18-9-15(14)20/h1-9,20H,(H,19,21). The van der Waals surface area contributed by atoms with Crippen LogP contribution < -0.4 is 5.32 Å². The van der Waals surface area contributed by atoms with Crippen molar-refractivity contribution in [3.05, 3.63) is 64.9 Å². The van der Waals surface area contributed by atoms with Crippen LogP contribution in [0.25, 0.3) is 10.8 Å². The molecule has 0 bridgehead atoms. The van der Waals surface area contributed by atoms with Crippen molar-refractivity contribution in [2.45, 2.75) is 0 Å². The summed E-state index contributed by atoms with van der Waals surface area (Å²) in [7, 11) is 0. The van der Waals surface area contributed by atoms with Crippen molar-refractivity contribution < 1.29 is 9.90 Å². The van der Waals surface area contributed by atoms with Gasteiger partial charge in [0, 0.05) is 16.4 Å². The number of carbonyl (C=O) groups excluding carboxylic acids is 1. The highest BCUT2D eigenvalue weighted by Gasteiger charge is 2.11. The lowest BCUT2D eigenvalue weighted by molar-refractivity contribution is 0.102. The van der Waals surface area contributed by atoms with E-state index in [2.05, 4.69) is 26.2 Å². The molecule has 21 heavy (non-hydrogen) atoms. The summed E-state index contributed by atoms with van der Waals surface area (Å²) in [5, 5.41) is 14.5. The second kappa shape index (κ2) is 5.54. The van der Waals surface area contributed by atoms with E-state index in [1.165, 1.54) is 18.5 Å². The van der Waals surface area contributed by atoms with Gasteiger partial charge in [-0.05, 0) is 41.1 Å². The number of aromatic hydroxyl groups is 1. The maximum atomic E-state index is 12.1. The van der Waals surface area contributed by atoms with Gasteiger partial charge in [0.05, 0.1) is 11.8 Å². The van der Waals surface area contributed by atoms with Crippen LogP contribution in [0, 0.1) is 0 Å². The number of nitrogens with zero attached hydrogens (tertiary/aromatic N) is 1. The van der Waals surface area contributed by atoms with Gasteiger partial charge in [-0.2, -0.15) is 0 Å². The highest BCUT2D eigenvalue weighted by atomic mass is 79.9. The third-order valence-corrected chi connectivity index (χ3v) is 3.60. The van der Waals surface area contributed by atoms with Crippen LogP contribution >= 0.6 is 15.9 Å². The number of anilines is 1. The first-order valence-electron chi connectivity index (χ1n) is 6.27. The topological polar surface area (TPSA) is 62.2 Å². The van der Waals surface area contributed by atoms with Crippen LogP contribution in [0.3, 0.4) is 0 Å². The zero-order valence-corrected chi connectivity index (χ0v) is 12.5. The van der Waals surface area contributed by atoms with Crippen molar-refractivity contribution in [3.8, 4) is 5.75 Å². The van der Waals surface area contributed by atoms with Crippen LogP contribution in [0.15, 0.2) is 59.3 Å². The lowest BCUT2D eigenvalue weighted by Gasteiger charge is -2.08. The van der Waals surface area contributed by atoms with Gasteiger partial charge in [-0.25, -0.2) is 0 Å². The van der Waals surface area contributed by atoms with E-state index in [0.29, 0.717) is 5.69 Å². The maximum absolute atomic E-state index is 12.1. The Morgan fingerprint density at radius 2 is 1.86 bits per heavy atom. The molecule has 104 valence electrons. The van der Waals surface area contributed by atoms with E-state index < -0.39 is 0 Å². The van der Waals surface area contributed by atoms with Crippen molar-refractivity contribution in [3.63, 3.8) is 0 Å². The molecule has 0 aliphatic carbocycles. The summed E-state index contributed by atoms with van der Waals surface area (Å²) in [5.41, 5.74) is 0.868. The molecule has 2 N–H and O–H groups in total. The number of nitrogens with one attached hydrogen (secondary N) is 1. The van der Waals surface area contributed by atoms with E-state index in [0.717, 1.165) is 15.2 Å². The number of carbonyl (C=O) groups is 1. The van der Waals surface area contributed by atoms with Crippen molar-refractivity contribution in [2.24, 2.45) is 0 Å². The molecule has 0 aliphatic rings. The highest BCUT2D eigenvalue weighted by Crippen LogP contribution is 2.24. The summed E-state index contributed by atoms with van der Waals surface area (Å²) in [4.78, 5) is 15.9. The summed E-state index contributed by atoms with van der Waals surface area (Å²) in [5.74, 6) is -0.508. The van der Waals surface area contributed by atoms with E-state index in [1.807, 2.05) is 36.4 Å². The van der Waals surface area contributed by atoms with Gasteiger partial charge >= 0.3 is 0 Å². The fourth-order valence-electron chi connectivity index (χ4n) is 2.07. The second-order valence-electron chi connectivity index (χ2n) is 4.55. The first-order chi connectivity index (χ1) is 10.1. The smallest absolute Gasteiger partial charge is 0.259 e. The number of rotatable bonds is 2. The van der Waals surface area contributed by atoms with Gasteiger partial charge in [-0.1, -0.05) is 28.1 Å². The third-order valence-electron chi connectivity index (χ3n) is 3.10. The van der Waals surface area contributed by atoms with Crippen molar-refractivity contribution in [2.75, 3.05) is 5.32 Å². The molecule has 0 atom stereocenters. The zero-order valence-electron chi connectivity index (χ0n) is 10.9. The molecule has 0 spiro atoms. The van der Waals surface area contributed by atoms with Crippen LogP contribution in [-0.4, -0.2) is 16.0 Å². The molecule has 0 fully saturated rings. The highest BCUT2D eigenvalue weighted by molar-refractivity contribution is 9.10. The maximum Gasteiger partial charge on any atom is 0.259 e. The average molecular weight is 343 g/mol. The van der Waals surface area contributed by atoms with Crippen molar-refractivity contribution in [1.29, 1.82) is 0 Å². The first-order valence-corrected chi connectivity index (χ1v) is 7.06. The van der Waals surface area contributed by atoms with Gasteiger partial charge in [-0.3, -0.25) is 9.78 Å². The fraction of sp³-hybridized carbons (Fsp3) is 0. The van der Waals surface area contributed by atoms with Crippen LogP contribution in [0.5, 0.6) is 5.75 Å². The predicted octanol–water partition coefficient (Wildman–Crippen LogP) is 3.96. The number of benzene rings is 2. The third kappa shape index (κ3) is 2.87. The number of pyridine rings is 1. The summed E-state index contributed by atoms with van der Waals surface area (Å²) in [6.07, 6.45) is 2.71. The zero-order chi connectivity index (χ0) is 14.8. The molecule has 1 aromatic heterocycles. The average Bonchev–Trinajstić information content (AvgIpc) is 2.48. The summed E-state index contributed by atoms with van der Waals surface area (Å²) in [6, 6.07) is 13.0. The molecule has 4 nitrogen and oxygen atoms in total. The van der Waals surface area contributed by atoms with E-state index in [-0.39, 0.29) is 17.2 Å². The Bertz CT molecular complexity index is 833. The minimum atomic E-state index is -0.369. The van der Waals surface area contributed by atoms with Crippen LogP contribution in [0.2, 0.25) is 0 Å². The molecule has 0 saturated heterocycles. The number of aromatic nitrogens is 1. The van der Waals surface area contributed by atoms with Gasteiger partial charge in [0.25, 0.3) is 5.91 Å². The number of halogens is 1. The molecule has 3 rings (SSSR count). The lowest BCUT2D eigenvalue weighted by atomic mass is 10.1. The van der Waals surface area contributed by atoms with Crippen LogP contribution in [-0.2, 0) is 0 Å². The first kappa shape index (κ1) is 13.6. The normalized spacial score (nSPS) is 10.5. The summed E-state index contributed by atoms with van der Waals surface area (Å²) in [6.45, 7) is 0. The van der Waals surface area contributed by atoms with Gasteiger partial charge in [0.1, 0.15) is 5.75 Å². The van der Waals surface area contributed by atoms with Gasteiger partial charge in [0.15, 0.2) is 0 Å². The molecule has 0 saturated carbocycles. The summed E-state index contributed by atoms with van der Waals surface area (Å²) < 4.78 is 1.01. The van der Waals surface area contributed by atoms with Gasteiger partial charge in [-0.15, -0.1) is 0 Å². The molecule has 1 heterocycles. The number of fused-ring (bicyclic) bond motifs is 1. The molecule has 0 unspecified atom stereocenters. The molecule has 0 radical (unpaired) electrons. The summed E-state index contributed by atoms with van der Waals surface area (Å²) >= 11 is 3.43. The molecular formula is C16H11BrN2O2. The Hall–Kier alpha value is -2.40. The lowest BCUT2D eigenvalue weighted by Crippen LogP contribution is -2.12. The van der Waals surface area contributed by atoms with Crippen LogP contribution in [0.1, 0.15) is 10.4 Å². The minimum Gasteiger partial charge on any atom is -0.505 e. The monoisotopic (exact) mass is 342 g/mol. The Morgan fingerprint density at radius 3 is 2.67 bits per heavy atom. The molecule has 0 aliphatic heterocycles. The Morgan fingerprint density at radius 1 is 1.10 bits per heavy atom. The predicted molar refractivity (Wildman–Crippen MR) is 85.5 cm³/mol. The molecule has 2 aromatic carbocycles. The number of hydrogen-bond donors (Lipinski definition) is 2. The molecular weight excluding hydrogens is 332 g/mol. The quantitative estimate of drug-likeness (QED) is 0.741. The van der Waals surface area contributed by atoms with E-state index in [9.17, 15) is 9.90 Å². The number of amides is 1. The molecule has 3 aromatic rings. The van der Waals surface area contributed by atoms with E-state index in [4.69, 9.17) is 0 Å². The Balaban J connectivity index is 1.90. The van der Waals surface area contributed by atoms with Crippen molar-refractivity contribution >= 4 is 38.3 Å². The van der Waals surface area contributed by atoms with Crippen LogP contribution in [0.4, 0.5) is 5.69 Å². The largest absolute Gasteiger partial charge is 0.505 e. The Kier molecular flexibility index (Phi) is 3.58. The number of hydrogen-bond acceptors (Lipinski definition) is 3. The molecule has 1 amide bonds. The van der Waals surface area contributed by atoms with Crippen molar-refractivity contribution in [1.82, 2.24) is 4.98 Å². The SMILES string of the molecule is O=C(Nc1ccc2cc(Br)ccc2c1)c1ccncc1O. The van der Waals surface area contributed by atoms with Gasteiger partial charge in [0.2, 0.25) is 0 Å². The van der Waals surface area contributed by atoms with Gasteiger partial charge < -0.3 is 10.4 Å². The fourth-order valence-corrected chi connectivity index (χ4v) is 2.45. The van der Waals surface area contributed by atoms with E-state index in [1.54, 1.807) is 0 Å². The minimum absolute atomic E-state index is 0.139. The van der Waals surface area contributed by atoms with E-state index >= 15 is 0 Å². The second-order valence-corrected chi connectivity index (χ2v) is 5.47. The Labute approximate surface area is 129 Å². The molecule has 5 heteroatoms.